The number of ether oxygens (including phenoxy) is 1. The van der Waals surface area contributed by atoms with E-state index < -0.39 is 5.95 Å². The highest BCUT2D eigenvalue weighted by atomic mass is 19.1. The highest BCUT2D eigenvalue weighted by Gasteiger charge is 2.24. The molecule has 1 amide bonds. The molecule has 1 fully saturated rings. The van der Waals surface area contributed by atoms with Gasteiger partial charge in [-0.3, -0.25) is 4.79 Å². The molecule has 1 aromatic rings. The summed E-state index contributed by atoms with van der Waals surface area (Å²) in [4.78, 5) is 17.5. The second kappa shape index (κ2) is 6.68. The standard InChI is InChI=1S/C15H21FN2O2/c1-11(2)10-15(19)18-8-6-12(7-9-18)20-14-5-3-4-13(16)17-14/h3-5,11-12H,6-10H2,1-2H3. The van der Waals surface area contributed by atoms with Gasteiger partial charge in [0.1, 0.15) is 6.10 Å². The molecule has 0 atom stereocenters. The minimum atomic E-state index is -0.535. The summed E-state index contributed by atoms with van der Waals surface area (Å²) in [6.07, 6.45) is 2.13. The Morgan fingerprint density at radius 3 is 2.75 bits per heavy atom. The summed E-state index contributed by atoms with van der Waals surface area (Å²) in [5.74, 6) is 0.374. The summed E-state index contributed by atoms with van der Waals surface area (Å²) >= 11 is 0. The summed E-state index contributed by atoms with van der Waals surface area (Å²) in [7, 11) is 0. The topological polar surface area (TPSA) is 42.4 Å². The molecule has 20 heavy (non-hydrogen) atoms. The number of aromatic nitrogens is 1. The molecule has 1 aliphatic rings. The minimum absolute atomic E-state index is 0.00685. The third-order valence-electron chi connectivity index (χ3n) is 3.35. The molecule has 0 aromatic carbocycles. The smallest absolute Gasteiger partial charge is 0.222 e. The predicted molar refractivity (Wildman–Crippen MR) is 73.9 cm³/mol. The van der Waals surface area contributed by atoms with E-state index in [1.807, 2.05) is 18.7 Å². The molecule has 5 heteroatoms. The molecule has 0 bridgehead atoms. The van der Waals surface area contributed by atoms with Crippen LogP contribution in [0.2, 0.25) is 0 Å². The van der Waals surface area contributed by atoms with Gasteiger partial charge in [-0.05, 0) is 12.0 Å². The normalized spacial score (nSPS) is 16.5. The summed E-state index contributed by atoms with van der Waals surface area (Å²) in [5, 5.41) is 0. The Balaban J connectivity index is 1.81. The third-order valence-corrected chi connectivity index (χ3v) is 3.35. The molecular formula is C15H21FN2O2. The second-order valence-corrected chi connectivity index (χ2v) is 5.59. The van der Waals surface area contributed by atoms with E-state index in [2.05, 4.69) is 4.98 Å². The van der Waals surface area contributed by atoms with E-state index in [4.69, 9.17) is 4.74 Å². The van der Waals surface area contributed by atoms with E-state index in [-0.39, 0.29) is 12.0 Å². The van der Waals surface area contributed by atoms with Crippen molar-refractivity contribution in [2.75, 3.05) is 13.1 Å². The van der Waals surface area contributed by atoms with Crippen LogP contribution in [0.25, 0.3) is 0 Å². The molecule has 0 unspecified atom stereocenters. The van der Waals surface area contributed by atoms with Crippen molar-refractivity contribution < 1.29 is 13.9 Å². The van der Waals surface area contributed by atoms with Crippen LogP contribution in [0.5, 0.6) is 5.88 Å². The molecule has 0 saturated carbocycles. The Morgan fingerprint density at radius 2 is 2.15 bits per heavy atom. The molecule has 110 valence electrons. The number of carbonyl (C=O) groups is 1. The van der Waals surface area contributed by atoms with Gasteiger partial charge < -0.3 is 9.64 Å². The predicted octanol–water partition coefficient (Wildman–Crippen LogP) is 2.64. The average molecular weight is 280 g/mol. The Morgan fingerprint density at radius 1 is 1.45 bits per heavy atom. The number of amides is 1. The van der Waals surface area contributed by atoms with Crippen molar-refractivity contribution in [2.24, 2.45) is 5.92 Å². The fraction of sp³-hybridized carbons (Fsp3) is 0.600. The van der Waals surface area contributed by atoms with Crippen molar-refractivity contribution in [1.82, 2.24) is 9.88 Å². The number of pyridine rings is 1. The Bertz CT molecular complexity index is 457. The monoisotopic (exact) mass is 280 g/mol. The molecule has 4 nitrogen and oxygen atoms in total. The first kappa shape index (κ1) is 14.8. The second-order valence-electron chi connectivity index (χ2n) is 5.59. The first-order valence-electron chi connectivity index (χ1n) is 7.11. The molecule has 1 saturated heterocycles. The van der Waals surface area contributed by atoms with Crippen LogP contribution in [0.1, 0.15) is 33.1 Å². The van der Waals surface area contributed by atoms with Crippen molar-refractivity contribution in [3.8, 4) is 5.88 Å². The van der Waals surface area contributed by atoms with Crippen LogP contribution in [0.4, 0.5) is 4.39 Å². The quantitative estimate of drug-likeness (QED) is 0.796. The van der Waals surface area contributed by atoms with Crippen LogP contribution in [0.15, 0.2) is 18.2 Å². The van der Waals surface area contributed by atoms with Crippen molar-refractivity contribution in [1.29, 1.82) is 0 Å². The van der Waals surface area contributed by atoms with Crippen molar-refractivity contribution >= 4 is 5.91 Å². The number of nitrogens with zero attached hydrogens (tertiary/aromatic N) is 2. The van der Waals surface area contributed by atoms with Crippen LogP contribution >= 0.6 is 0 Å². The first-order chi connectivity index (χ1) is 9.54. The van der Waals surface area contributed by atoms with Crippen molar-refractivity contribution in [3.05, 3.63) is 24.1 Å². The van der Waals surface area contributed by atoms with Crippen LogP contribution < -0.4 is 4.74 Å². The summed E-state index contributed by atoms with van der Waals surface area (Å²) in [6.45, 7) is 5.49. The molecule has 0 aliphatic carbocycles. The SMILES string of the molecule is CC(C)CC(=O)N1CCC(Oc2cccc(F)n2)CC1. The number of piperidine rings is 1. The van der Waals surface area contributed by atoms with Gasteiger partial charge in [-0.15, -0.1) is 0 Å². The molecule has 1 aliphatic heterocycles. The Hall–Kier alpha value is -1.65. The Kier molecular flexibility index (Phi) is 4.93. The number of rotatable bonds is 4. The van der Waals surface area contributed by atoms with E-state index in [0.29, 0.717) is 31.3 Å². The van der Waals surface area contributed by atoms with E-state index in [1.165, 1.54) is 6.07 Å². The maximum atomic E-state index is 13.0. The third kappa shape index (κ3) is 4.18. The summed E-state index contributed by atoms with van der Waals surface area (Å²) < 4.78 is 18.6. The molecule has 1 aromatic heterocycles. The van der Waals surface area contributed by atoms with Gasteiger partial charge in [-0.25, -0.2) is 0 Å². The number of likely N-dealkylation sites (tertiary alicyclic amines) is 1. The van der Waals surface area contributed by atoms with Gasteiger partial charge >= 0.3 is 0 Å². The van der Waals surface area contributed by atoms with Gasteiger partial charge in [0.25, 0.3) is 0 Å². The van der Waals surface area contributed by atoms with Gasteiger partial charge in [0.05, 0.1) is 0 Å². The maximum Gasteiger partial charge on any atom is 0.222 e. The van der Waals surface area contributed by atoms with Gasteiger partial charge in [0.2, 0.25) is 17.7 Å². The van der Waals surface area contributed by atoms with Crippen molar-refractivity contribution in [2.45, 2.75) is 39.2 Å². The largest absolute Gasteiger partial charge is 0.474 e. The minimum Gasteiger partial charge on any atom is -0.474 e. The lowest BCUT2D eigenvalue weighted by Gasteiger charge is -2.32. The average Bonchev–Trinajstić information content (AvgIpc) is 2.38. The highest BCUT2D eigenvalue weighted by molar-refractivity contribution is 5.76. The molecule has 0 spiro atoms. The lowest BCUT2D eigenvalue weighted by Crippen LogP contribution is -2.42. The van der Waals surface area contributed by atoms with Crippen LogP contribution in [-0.2, 0) is 4.79 Å². The van der Waals surface area contributed by atoms with E-state index >= 15 is 0 Å². The number of halogens is 1. The lowest BCUT2D eigenvalue weighted by atomic mass is 10.1. The van der Waals surface area contributed by atoms with E-state index in [1.54, 1.807) is 12.1 Å². The Labute approximate surface area is 118 Å². The number of hydrogen-bond acceptors (Lipinski definition) is 3. The van der Waals surface area contributed by atoms with Crippen LogP contribution in [0, 0.1) is 11.9 Å². The number of hydrogen-bond donors (Lipinski definition) is 0. The molecular weight excluding hydrogens is 259 g/mol. The summed E-state index contributed by atoms with van der Waals surface area (Å²) in [5.41, 5.74) is 0. The molecule has 0 radical (unpaired) electrons. The molecule has 2 rings (SSSR count). The lowest BCUT2D eigenvalue weighted by molar-refractivity contribution is -0.133. The van der Waals surface area contributed by atoms with Gasteiger partial charge in [0.15, 0.2) is 0 Å². The first-order valence-corrected chi connectivity index (χ1v) is 7.11. The molecule has 2 heterocycles. The van der Waals surface area contributed by atoms with E-state index in [0.717, 1.165) is 12.8 Å². The van der Waals surface area contributed by atoms with Crippen molar-refractivity contribution in [3.63, 3.8) is 0 Å². The zero-order valence-electron chi connectivity index (χ0n) is 12.0. The molecule has 0 N–H and O–H groups in total. The fourth-order valence-electron chi connectivity index (χ4n) is 2.33. The van der Waals surface area contributed by atoms with Crippen LogP contribution in [-0.4, -0.2) is 35.0 Å². The zero-order chi connectivity index (χ0) is 14.5. The van der Waals surface area contributed by atoms with E-state index in [9.17, 15) is 9.18 Å². The van der Waals surface area contributed by atoms with Gasteiger partial charge in [0, 0.05) is 38.4 Å². The van der Waals surface area contributed by atoms with Crippen LogP contribution in [0.3, 0.4) is 0 Å². The maximum absolute atomic E-state index is 13.0. The summed E-state index contributed by atoms with van der Waals surface area (Å²) in [6, 6.07) is 4.53. The fourth-order valence-corrected chi connectivity index (χ4v) is 2.33. The highest BCUT2D eigenvalue weighted by Crippen LogP contribution is 2.18. The van der Waals surface area contributed by atoms with Gasteiger partial charge in [-0.1, -0.05) is 19.9 Å². The zero-order valence-corrected chi connectivity index (χ0v) is 12.0. The van der Waals surface area contributed by atoms with Gasteiger partial charge in [-0.2, -0.15) is 9.37 Å². The number of carbonyl (C=O) groups excluding carboxylic acids is 1.